The number of carbonyl (C=O) groups excluding carboxylic acids is 3. The normalized spacial score (nSPS) is 24.7. The lowest BCUT2D eigenvalue weighted by atomic mass is 10.1. The molecule has 0 saturated carbocycles. The Labute approximate surface area is 172 Å². The summed E-state index contributed by atoms with van der Waals surface area (Å²) in [5.74, 6) is -1.27. The Bertz CT molecular complexity index is 949. The lowest BCUT2D eigenvalue weighted by molar-refractivity contribution is -0.131. The predicted octanol–water partition coefficient (Wildman–Crippen LogP) is 1.13. The number of hydrogen-bond donors (Lipinski definition) is 1. The second kappa shape index (κ2) is 8.60. The van der Waals surface area contributed by atoms with Crippen LogP contribution in [0, 0.1) is 0 Å². The molecule has 30 heavy (non-hydrogen) atoms. The summed E-state index contributed by atoms with van der Waals surface area (Å²) < 4.78 is 22.1. The molecule has 2 fully saturated rings. The number of pyridine rings is 1. The number of nitrogens with zero attached hydrogens (tertiary/aromatic N) is 1. The van der Waals surface area contributed by atoms with Crippen molar-refractivity contribution in [1.82, 2.24) is 10.3 Å². The van der Waals surface area contributed by atoms with Crippen LogP contribution in [-0.2, 0) is 19.0 Å². The molecule has 0 spiro atoms. The molecule has 1 N–H and O–H groups in total. The number of carbonyl (C=O) groups is 3. The van der Waals surface area contributed by atoms with E-state index < -0.39 is 42.2 Å². The quantitative estimate of drug-likeness (QED) is 0.574. The van der Waals surface area contributed by atoms with Gasteiger partial charge in [0.2, 0.25) is 0 Å². The first kappa shape index (κ1) is 20.0. The van der Waals surface area contributed by atoms with Crippen molar-refractivity contribution in [1.29, 1.82) is 0 Å². The maximum atomic E-state index is 12.7. The average molecular weight is 412 g/mol. The third-order valence-electron chi connectivity index (χ3n) is 4.87. The van der Waals surface area contributed by atoms with Crippen LogP contribution >= 0.6 is 0 Å². The van der Waals surface area contributed by atoms with Gasteiger partial charge < -0.3 is 24.3 Å². The first-order chi connectivity index (χ1) is 14.5. The van der Waals surface area contributed by atoms with E-state index in [-0.39, 0.29) is 24.5 Å². The van der Waals surface area contributed by atoms with Crippen LogP contribution in [0.15, 0.2) is 48.8 Å². The fourth-order valence-corrected chi connectivity index (χ4v) is 3.52. The van der Waals surface area contributed by atoms with Crippen molar-refractivity contribution in [3.05, 3.63) is 59.9 Å². The van der Waals surface area contributed by atoms with E-state index in [4.69, 9.17) is 18.9 Å². The zero-order chi connectivity index (χ0) is 21.1. The van der Waals surface area contributed by atoms with Gasteiger partial charge in [-0.2, -0.15) is 0 Å². The van der Waals surface area contributed by atoms with Gasteiger partial charge in [0.25, 0.3) is 5.91 Å². The zero-order valence-electron chi connectivity index (χ0n) is 16.1. The van der Waals surface area contributed by atoms with E-state index in [1.165, 1.54) is 13.1 Å². The van der Waals surface area contributed by atoms with Crippen molar-refractivity contribution in [3.8, 4) is 5.75 Å². The van der Waals surface area contributed by atoms with Gasteiger partial charge in [-0.1, -0.05) is 12.1 Å². The second-order valence-electron chi connectivity index (χ2n) is 6.95. The van der Waals surface area contributed by atoms with Crippen molar-refractivity contribution in [2.24, 2.45) is 0 Å². The molecule has 4 atom stereocenters. The molecule has 1 aromatic heterocycles. The summed E-state index contributed by atoms with van der Waals surface area (Å²) in [6, 6.07) is 9.28. The van der Waals surface area contributed by atoms with Crippen LogP contribution in [0.4, 0.5) is 0 Å². The summed E-state index contributed by atoms with van der Waals surface area (Å²) >= 11 is 0. The number of amides is 1. The molecule has 9 heteroatoms. The Morgan fingerprint density at radius 3 is 2.63 bits per heavy atom. The fraction of sp³-hybridized carbons (Fsp3) is 0.333. The number of nitrogens with one attached hydrogen (secondary N) is 1. The van der Waals surface area contributed by atoms with Crippen LogP contribution in [0.25, 0.3) is 0 Å². The summed E-state index contributed by atoms with van der Waals surface area (Å²) in [7, 11) is 0. The van der Waals surface area contributed by atoms with Gasteiger partial charge in [-0.3, -0.25) is 14.6 Å². The third kappa shape index (κ3) is 4.17. The van der Waals surface area contributed by atoms with Crippen molar-refractivity contribution >= 4 is 17.8 Å². The molecular formula is C21H20N2O7. The fourth-order valence-electron chi connectivity index (χ4n) is 3.52. The van der Waals surface area contributed by atoms with Crippen molar-refractivity contribution in [3.63, 3.8) is 0 Å². The summed E-state index contributed by atoms with van der Waals surface area (Å²) in [4.78, 5) is 40.2. The highest BCUT2D eigenvalue weighted by molar-refractivity contribution is 5.97. The van der Waals surface area contributed by atoms with Gasteiger partial charge >= 0.3 is 11.9 Å². The lowest BCUT2D eigenvalue weighted by Crippen LogP contribution is -2.44. The molecule has 1 amide bonds. The van der Waals surface area contributed by atoms with E-state index in [9.17, 15) is 14.4 Å². The maximum absolute atomic E-state index is 12.7. The van der Waals surface area contributed by atoms with E-state index in [1.54, 1.807) is 42.6 Å². The monoisotopic (exact) mass is 412 g/mol. The molecule has 1 aromatic carbocycles. The Morgan fingerprint density at radius 1 is 1.07 bits per heavy atom. The molecule has 0 aliphatic carbocycles. The van der Waals surface area contributed by atoms with E-state index in [0.29, 0.717) is 5.56 Å². The molecule has 2 saturated heterocycles. The van der Waals surface area contributed by atoms with Crippen LogP contribution in [0.5, 0.6) is 5.75 Å². The Balaban J connectivity index is 1.39. The van der Waals surface area contributed by atoms with Gasteiger partial charge in [-0.15, -0.1) is 0 Å². The topological polar surface area (TPSA) is 113 Å². The van der Waals surface area contributed by atoms with Gasteiger partial charge in [0, 0.05) is 19.3 Å². The minimum atomic E-state index is -0.585. The standard InChI is InChI=1S/C21H20N2O7/c1-12(24)29-16-7-3-2-6-14(16)20(25)23-15-10-27-19-17(11-28-18(15)19)30-21(26)13-5-4-8-22-9-13/h2-9,15,17-19H,10-11H2,1H3,(H,23,25). The second-order valence-corrected chi connectivity index (χ2v) is 6.95. The van der Waals surface area contributed by atoms with Crippen LogP contribution in [0.2, 0.25) is 0 Å². The molecule has 9 nitrogen and oxygen atoms in total. The zero-order valence-corrected chi connectivity index (χ0v) is 16.1. The Kier molecular flexibility index (Phi) is 5.73. The summed E-state index contributed by atoms with van der Waals surface area (Å²) in [5, 5.41) is 2.86. The SMILES string of the molecule is CC(=O)Oc1ccccc1C(=O)NC1COC2C(OC(=O)c3cccnc3)COC12. The van der Waals surface area contributed by atoms with Crippen LogP contribution in [-0.4, -0.2) is 60.4 Å². The number of fused-ring (bicyclic) bond motifs is 1. The first-order valence-electron chi connectivity index (χ1n) is 9.45. The van der Waals surface area contributed by atoms with Crippen molar-refractivity contribution < 1.29 is 33.3 Å². The molecule has 3 heterocycles. The summed E-state index contributed by atoms with van der Waals surface area (Å²) in [6.07, 6.45) is 1.46. The summed E-state index contributed by atoms with van der Waals surface area (Å²) in [6.45, 7) is 1.64. The number of aromatic nitrogens is 1. The Morgan fingerprint density at radius 2 is 1.87 bits per heavy atom. The molecule has 0 bridgehead atoms. The largest absolute Gasteiger partial charge is 0.453 e. The third-order valence-corrected chi connectivity index (χ3v) is 4.87. The molecule has 4 unspecified atom stereocenters. The average Bonchev–Trinajstić information content (AvgIpc) is 3.32. The van der Waals surface area contributed by atoms with E-state index in [1.807, 2.05) is 0 Å². The van der Waals surface area contributed by atoms with Crippen LogP contribution in [0.1, 0.15) is 27.6 Å². The molecule has 2 aromatic rings. The highest BCUT2D eigenvalue weighted by Gasteiger charge is 2.50. The number of ether oxygens (including phenoxy) is 4. The highest BCUT2D eigenvalue weighted by Crippen LogP contribution is 2.30. The molecule has 4 rings (SSSR count). The van der Waals surface area contributed by atoms with Gasteiger partial charge in [-0.05, 0) is 24.3 Å². The molecule has 0 radical (unpaired) electrons. The van der Waals surface area contributed by atoms with Gasteiger partial charge in [-0.25, -0.2) is 4.79 Å². The first-order valence-corrected chi connectivity index (χ1v) is 9.45. The Hall–Kier alpha value is -3.30. The van der Waals surface area contributed by atoms with Crippen LogP contribution in [0.3, 0.4) is 0 Å². The minimum Gasteiger partial charge on any atom is -0.453 e. The lowest BCUT2D eigenvalue weighted by Gasteiger charge is -2.18. The van der Waals surface area contributed by atoms with Gasteiger partial charge in [0.05, 0.1) is 30.4 Å². The van der Waals surface area contributed by atoms with Crippen molar-refractivity contribution in [2.75, 3.05) is 13.2 Å². The van der Waals surface area contributed by atoms with Crippen LogP contribution < -0.4 is 10.1 Å². The number of rotatable bonds is 5. The van der Waals surface area contributed by atoms with Gasteiger partial charge in [0.1, 0.15) is 18.0 Å². The predicted molar refractivity (Wildman–Crippen MR) is 102 cm³/mol. The van der Waals surface area contributed by atoms with Crippen molar-refractivity contribution in [2.45, 2.75) is 31.3 Å². The highest BCUT2D eigenvalue weighted by atomic mass is 16.6. The summed E-state index contributed by atoms with van der Waals surface area (Å²) in [5.41, 5.74) is 0.569. The van der Waals surface area contributed by atoms with E-state index in [0.717, 1.165) is 0 Å². The number of para-hydroxylation sites is 1. The minimum absolute atomic E-state index is 0.164. The number of hydrogen-bond acceptors (Lipinski definition) is 8. The van der Waals surface area contributed by atoms with E-state index in [2.05, 4.69) is 10.3 Å². The number of benzene rings is 1. The molecule has 156 valence electrons. The maximum Gasteiger partial charge on any atom is 0.340 e. The van der Waals surface area contributed by atoms with E-state index >= 15 is 0 Å². The van der Waals surface area contributed by atoms with Gasteiger partial charge in [0.15, 0.2) is 6.10 Å². The molecule has 2 aliphatic rings. The number of esters is 2. The molecular weight excluding hydrogens is 392 g/mol. The smallest absolute Gasteiger partial charge is 0.340 e. The molecule has 2 aliphatic heterocycles.